The van der Waals surface area contributed by atoms with Crippen molar-refractivity contribution in [2.24, 2.45) is 7.05 Å². The summed E-state index contributed by atoms with van der Waals surface area (Å²) in [5.74, 6) is 0.0378. The minimum atomic E-state index is 0.0378. The zero-order valence-electron chi connectivity index (χ0n) is 14.9. The third kappa shape index (κ3) is 3.38. The molecule has 0 bridgehead atoms. The van der Waals surface area contributed by atoms with Crippen molar-refractivity contribution < 1.29 is 4.79 Å². The summed E-state index contributed by atoms with van der Waals surface area (Å²) in [5, 5.41) is 4.12. The van der Waals surface area contributed by atoms with Gasteiger partial charge in [-0.2, -0.15) is 5.10 Å². The van der Waals surface area contributed by atoms with Gasteiger partial charge in [-0.05, 0) is 30.5 Å². The molecule has 0 aliphatic carbocycles. The molecule has 1 saturated heterocycles. The van der Waals surface area contributed by atoms with E-state index in [1.54, 1.807) is 17.1 Å². The molecule has 1 atom stereocenters. The second-order valence-electron chi connectivity index (χ2n) is 6.78. The van der Waals surface area contributed by atoms with Gasteiger partial charge in [0.2, 0.25) is 0 Å². The van der Waals surface area contributed by atoms with Gasteiger partial charge in [0.1, 0.15) is 0 Å². The van der Waals surface area contributed by atoms with E-state index in [0.29, 0.717) is 5.56 Å². The molecule has 2 aromatic heterocycles. The lowest BCUT2D eigenvalue weighted by molar-refractivity contribution is 0.0732. The number of benzene rings is 1. The fourth-order valence-electron chi connectivity index (χ4n) is 3.60. The Kier molecular flexibility index (Phi) is 4.52. The lowest BCUT2D eigenvalue weighted by atomic mass is 10.1. The molecule has 0 spiro atoms. The number of carbonyl (C=O) groups excluding carboxylic acids is 1. The molecule has 26 heavy (non-hydrogen) atoms. The van der Waals surface area contributed by atoms with Crippen molar-refractivity contribution in [3.63, 3.8) is 0 Å². The highest BCUT2D eigenvalue weighted by Gasteiger charge is 2.32. The van der Waals surface area contributed by atoms with Gasteiger partial charge in [-0.1, -0.05) is 36.4 Å². The van der Waals surface area contributed by atoms with Crippen molar-refractivity contribution in [2.45, 2.75) is 25.3 Å². The molecule has 5 nitrogen and oxygen atoms in total. The van der Waals surface area contributed by atoms with Crippen molar-refractivity contribution in [1.82, 2.24) is 19.7 Å². The Labute approximate surface area is 153 Å². The van der Waals surface area contributed by atoms with Crippen LogP contribution in [0.2, 0.25) is 0 Å². The van der Waals surface area contributed by atoms with E-state index in [2.05, 4.69) is 23.3 Å². The highest BCUT2D eigenvalue weighted by Crippen LogP contribution is 2.32. The topological polar surface area (TPSA) is 51.0 Å². The zero-order chi connectivity index (χ0) is 17.9. The van der Waals surface area contributed by atoms with Gasteiger partial charge in [0, 0.05) is 31.9 Å². The molecule has 0 N–H and O–H groups in total. The number of pyridine rings is 1. The van der Waals surface area contributed by atoms with Crippen LogP contribution in [0.15, 0.2) is 60.9 Å². The Morgan fingerprint density at radius 1 is 1.15 bits per heavy atom. The lowest BCUT2D eigenvalue weighted by Gasteiger charge is -2.24. The van der Waals surface area contributed by atoms with Gasteiger partial charge >= 0.3 is 0 Å². The molecule has 1 aliphatic rings. The molecular formula is C21H22N4O. The maximum atomic E-state index is 12.9. The maximum Gasteiger partial charge on any atom is 0.257 e. The van der Waals surface area contributed by atoms with E-state index in [9.17, 15) is 4.79 Å². The van der Waals surface area contributed by atoms with Crippen molar-refractivity contribution >= 4 is 5.91 Å². The first-order valence-electron chi connectivity index (χ1n) is 9.00. The first-order valence-corrected chi connectivity index (χ1v) is 9.00. The molecule has 132 valence electrons. The SMILES string of the molecule is Cn1cc(C(=O)N2CCC[C@@H]2c2cccc(Cc3ccccc3)n2)cn1. The van der Waals surface area contributed by atoms with Crippen LogP contribution in [0, 0.1) is 0 Å². The second kappa shape index (κ2) is 7.12. The Hall–Kier alpha value is -2.95. The molecule has 1 aliphatic heterocycles. The van der Waals surface area contributed by atoms with Crippen molar-refractivity contribution in [2.75, 3.05) is 6.54 Å². The average Bonchev–Trinajstić information content (AvgIpc) is 3.31. The van der Waals surface area contributed by atoms with Crippen LogP contribution >= 0.6 is 0 Å². The molecule has 4 rings (SSSR count). The average molecular weight is 346 g/mol. The second-order valence-corrected chi connectivity index (χ2v) is 6.78. The number of aromatic nitrogens is 3. The Morgan fingerprint density at radius 3 is 2.77 bits per heavy atom. The minimum Gasteiger partial charge on any atom is -0.330 e. The monoisotopic (exact) mass is 346 g/mol. The summed E-state index contributed by atoms with van der Waals surface area (Å²) in [7, 11) is 1.83. The number of nitrogens with zero attached hydrogens (tertiary/aromatic N) is 4. The summed E-state index contributed by atoms with van der Waals surface area (Å²) >= 11 is 0. The Morgan fingerprint density at radius 2 is 2.00 bits per heavy atom. The van der Waals surface area contributed by atoms with Crippen LogP contribution in [0.3, 0.4) is 0 Å². The van der Waals surface area contributed by atoms with E-state index >= 15 is 0 Å². The highest BCUT2D eigenvalue weighted by molar-refractivity contribution is 5.94. The Balaban J connectivity index is 1.56. The summed E-state index contributed by atoms with van der Waals surface area (Å²) < 4.78 is 1.66. The molecule has 0 saturated carbocycles. The number of hydrogen-bond donors (Lipinski definition) is 0. The summed E-state index contributed by atoms with van der Waals surface area (Å²) in [4.78, 5) is 19.7. The standard InChI is InChI=1S/C21H22N4O/c1-24-15-17(14-22-24)21(26)25-12-6-11-20(25)19-10-5-9-18(23-19)13-16-7-3-2-4-8-16/h2-5,7-10,14-15,20H,6,11-13H2,1H3/t20-/m1/s1. The number of carbonyl (C=O) groups is 1. The third-order valence-corrected chi connectivity index (χ3v) is 4.86. The molecule has 0 radical (unpaired) electrons. The van der Waals surface area contributed by atoms with Gasteiger partial charge in [-0.15, -0.1) is 0 Å². The van der Waals surface area contributed by atoms with Crippen LogP contribution in [0.25, 0.3) is 0 Å². The van der Waals surface area contributed by atoms with E-state index in [0.717, 1.165) is 37.2 Å². The first-order chi connectivity index (χ1) is 12.7. The van der Waals surface area contributed by atoms with Crippen molar-refractivity contribution in [1.29, 1.82) is 0 Å². The number of hydrogen-bond acceptors (Lipinski definition) is 3. The van der Waals surface area contributed by atoms with E-state index in [-0.39, 0.29) is 11.9 Å². The Bertz CT molecular complexity index is 903. The van der Waals surface area contributed by atoms with Crippen LogP contribution in [0.1, 0.15) is 46.2 Å². The van der Waals surface area contributed by atoms with Gasteiger partial charge in [0.15, 0.2) is 0 Å². The van der Waals surface area contributed by atoms with Gasteiger partial charge in [-0.3, -0.25) is 14.5 Å². The summed E-state index contributed by atoms with van der Waals surface area (Å²) in [5.41, 5.74) is 3.90. The van der Waals surface area contributed by atoms with E-state index in [4.69, 9.17) is 4.98 Å². The van der Waals surface area contributed by atoms with Gasteiger partial charge in [0.05, 0.1) is 23.5 Å². The molecular weight excluding hydrogens is 324 g/mol. The third-order valence-electron chi connectivity index (χ3n) is 4.86. The summed E-state index contributed by atoms with van der Waals surface area (Å²) in [6.07, 6.45) is 6.17. The number of aryl methyl sites for hydroxylation is 1. The molecule has 1 aromatic carbocycles. The van der Waals surface area contributed by atoms with Crippen LogP contribution in [0.4, 0.5) is 0 Å². The molecule has 0 unspecified atom stereocenters. The van der Waals surface area contributed by atoms with Crippen LogP contribution in [-0.4, -0.2) is 32.1 Å². The van der Waals surface area contributed by atoms with Crippen LogP contribution < -0.4 is 0 Å². The zero-order valence-corrected chi connectivity index (χ0v) is 14.9. The quantitative estimate of drug-likeness (QED) is 0.728. The smallest absolute Gasteiger partial charge is 0.257 e. The van der Waals surface area contributed by atoms with Crippen LogP contribution in [0.5, 0.6) is 0 Å². The summed E-state index contributed by atoms with van der Waals surface area (Å²) in [6, 6.07) is 16.5. The van der Waals surface area contributed by atoms with Crippen LogP contribution in [-0.2, 0) is 13.5 Å². The van der Waals surface area contributed by atoms with Crippen molar-refractivity contribution in [3.8, 4) is 0 Å². The molecule has 5 heteroatoms. The molecule has 3 aromatic rings. The number of rotatable bonds is 4. The molecule has 1 amide bonds. The number of amides is 1. The highest BCUT2D eigenvalue weighted by atomic mass is 16.2. The molecule has 1 fully saturated rings. The molecule has 3 heterocycles. The van der Waals surface area contributed by atoms with E-state index < -0.39 is 0 Å². The minimum absolute atomic E-state index is 0.0378. The first kappa shape index (κ1) is 16.5. The number of likely N-dealkylation sites (tertiary alicyclic amines) is 1. The fraction of sp³-hybridized carbons (Fsp3) is 0.286. The van der Waals surface area contributed by atoms with Crippen molar-refractivity contribution in [3.05, 3.63) is 83.4 Å². The fourth-order valence-corrected chi connectivity index (χ4v) is 3.60. The predicted octanol–water partition coefficient (Wildman–Crippen LogP) is 3.38. The largest absolute Gasteiger partial charge is 0.330 e. The maximum absolute atomic E-state index is 12.9. The normalized spacial score (nSPS) is 16.8. The van der Waals surface area contributed by atoms with Gasteiger partial charge in [0.25, 0.3) is 5.91 Å². The lowest BCUT2D eigenvalue weighted by Crippen LogP contribution is -2.30. The van der Waals surface area contributed by atoms with E-state index in [1.807, 2.05) is 42.3 Å². The van der Waals surface area contributed by atoms with Gasteiger partial charge < -0.3 is 4.90 Å². The summed E-state index contributed by atoms with van der Waals surface area (Å²) in [6.45, 7) is 0.767. The van der Waals surface area contributed by atoms with Gasteiger partial charge in [-0.25, -0.2) is 0 Å². The predicted molar refractivity (Wildman–Crippen MR) is 99.7 cm³/mol. The van der Waals surface area contributed by atoms with E-state index in [1.165, 1.54) is 5.56 Å².